The number of rotatable bonds is 14. The molecule has 1 atom stereocenters. The summed E-state index contributed by atoms with van der Waals surface area (Å²) in [5.74, 6) is 0.267. The van der Waals surface area contributed by atoms with Crippen LogP contribution in [0.2, 0.25) is 0 Å². The van der Waals surface area contributed by atoms with E-state index in [1.54, 1.807) is 36.1 Å². The molecule has 2 aromatic rings. The Hall–Kier alpha value is -3.07. The van der Waals surface area contributed by atoms with E-state index in [4.69, 9.17) is 4.74 Å². The van der Waals surface area contributed by atoms with E-state index in [9.17, 15) is 18.0 Å². The third-order valence-electron chi connectivity index (χ3n) is 5.67. The average Bonchev–Trinajstić information content (AvgIpc) is 2.82. The molecule has 0 aliphatic heterocycles. The van der Waals surface area contributed by atoms with Crippen LogP contribution in [0.4, 0.5) is 5.69 Å². The Bertz CT molecular complexity index is 1070. The van der Waals surface area contributed by atoms with Crippen molar-refractivity contribution in [3.63, 3.8) is 0 Å². The fraction of sp³-hybridized carbons (Fsp3) is 0.481. The summed E-state index contributed by atoms with van der Waals surface area (Å²) in [6, 6.07) is 16.0. The molecular weight excluding hydrogens is 478 g/mol. The minimum Gasteiger partial charge on any atom is -0.494 e. The van der Waals surface area contributed by atoms with Gasteiger partial charge >= 0.3 is 0 Å². The van der Waals surface area contributed by atoms with E-state index in [-0.39, 0.29) is 30.8 Å². The highest BCUT2D eigenvalue weighted by Gasteiger charge is 2.26. The number of sulfonamides is 1. The summed E-state index contributed by atoms with van der Waals surface area (Å²) < 4.78 is 31.6. The predicted octanol–water partition coefficient (Wildman–Crippen LogP) is 3.62. The number of ether oxygens (including phenoxy) is 1. The summed E-state index contributed by atoms with van der Waals surface area (Å²) in [6.45, 7) is 8.42. The van der Waals surface area contributed by atoms with Crippen molar-refractivity contribution < 1.29 is 22.7 Å². The van der Waals surface area contributed by atoms with Gasteiger partial charge in [0.15, 0.2) is 0 Å². The summed E-state index contributed by atoms with van der Waals surface area (Å²) >= 11 is 0. The van der Waals surface area contributed by atoms with Gasteiger partial charge in [-0.25, -0.2) is 8.42 Å². The minimum atomic E-state index is -3.55. The van der Waals surface area contributed by atoms with Crippen LogP contribution in [0.3, 0.4) is 0 Å². The molecule has 1 unspecified atom stereocenters. The van der Waals surface area contributed by atoms with E-state index >= 15 is 0 Å². The lowest BCUT2D eigenvalue weighted by atomic mass is 10.1. The molecule has 198 valence electrons. The Morgan fingerprint density at radius 1 is 0.972 bits per heavy atom. The van der Waals surface area contributed by atoms with Crippen LogP contribution in [0.1, 0.15) is 46.1 Å². The minimum absolute atomic E-state index is 0.0385. The van der Waals surface area contributed by atoms with E-state index in [0.717, 1.165) is 11.8 Å². The van der Waals surface area contributed by atoms with Crippen molar-refractivity contribution >= 4 is 27.5 Å². The molecule has 0 aliphatic carbocycles. The zero-order valence-electron chi connectivity index (χ0n) is 21.9. The maximum absolute atomic E-state index is 13.2. The van der Waals surface area contributed by atoms with Gasteiger partial charge in [-0.1, -0.05) is 30.3 Å². The van der Waals surface area contributed by atoms with Gasteiger partial charge in [0.2, 0.25) is 21.8 Å². The van der Waals surface area contributed by atoms with Crippen LogP contribution in [0, 0.1) is 0 Å². The van der Waals surface area contributed by atoms with Crippen LogP contribution in [0.25, 0.3) is 0 Å². The van der Waals surface area contributed by atoms with Gasteiger partial charge in [0, 0.05) is 25.6 Å². The first kappa shape index (κ1) is 29.2. The van der Waals surface area contributed by atoms with Crippen molar-refractivity contribution in [3.05, 3.63) is 60.2 Å². The molecule has 9 heteroatoms. The highest BCUT2D eigenvalue weighted by molar-refractivity contribution is 7.92. The second-order valence-corrected chi connectivity index (χ2v) is 10.9. The van der Waals surface area contributed by atoms with Gasteiger partial charge in [-0.15, -0.1) is 0 Å². The quantitative estimate of drug-likeness (QED) is 0.413. The van der Waals surface area contributed by atoms with E-state index in [1.807, 2.05) is 51.1 Å². The lowest BCUT2D eigenvalue weighted by Gasteiger charge is -2.30. The number of benzene rings is 2. The van der Waals surface area contributed by atoms with Crippen LogP contribution < -0.4 is 14.4 Å². The Morgan fingerprint density at radius 2 is 1.61 bits per heavy atom. The number of anilines is 1. The molecule has 2 rings (SSSR count). The molecule has 0 saturated heterocycles. The molecule has 0 bridgehead atoms. The number of nitrogens with zero attached hydrogens (tertiary/aromatic N) is 2. The first-order chi connectivity index (χ1) is 17.0. The maximum atomic E-state index is 13.2. The molecule has 0 radical (unpaired) electrons. The number of amides is 2. The second kappa shape index (κ2) is 13.9. The topological polar surface area (TPSA) is 96.0 Å². The highest BCUT2D eigenvalue weighted by atomic mass is 32.2. The van der Waals surface area contributed by atoms with E-state index in [2.05, 4.69) is 5.32 Å². The number of carbonyl (C=O) groups excluding carboxylic acids is 2. The number of hydrogen-bond donors (Lipinski definition) is 1. The van der Waals surface area contributed by atoms with Crippen LogP contribution in [0.15, 0.2) is 54.6 Å². The molecule has 0 saturated carbocycles. The standard InChI is InChI=1S/C27H39N3O5S/c1-6-35-25-16-14-24(15-17-25)30(36(5,33)34)19-10-13-26(31)29(22(4)27(32)28-21(2)3)20-18-23-11-8-7-9-12-23/h7-9,11-12,14-17,21-22H,6,10,13,18-20H2,1-5H3,(H,28,32). The van der Waals surface area contributed by atoms with Gasteiger partial charge < -0.3 is 15.0 Å². The van der Waals surface area contributed by atoms with E-state index in [1.165, 1.54) is 4.31 Å². The van der Waals surface area contributed by atoms with Gasteiger partial charge in [-0.3, -0.25) is 13.9 Å². The third-order valence-corrected chi connectivity index (χ3v) is 6.86. The number of hydrogen-bond acceptors (Lipinski definition) is 5. The van der Waals surface area contributed by atoms with Crippen LogP contribution in [-0.2, 0) is 26.0 Å². The zero-order valence-corrected chi connectivity index (χ0v) is 22.8. The van der Waals surface area contributed by atoms with Gasteiger partial charge in [0.05, 0.1) is 18.6 Å². The van der Waals surface area contributed by atoms with Crippen LogP contribution in [-0.4, -0.2) is 63.2 Å². The predicted molar refractivity (Wildman–Crippen MR) is 144 cm³/mol. The molecule has 0 spiro atoms. The normalized spacial score (nSPS) is 12.2. The van der Waals surface area contributed by atoms with Crippen molar-refractivity contribution in [1.82, 2.24) is 10.2 Å². The first-order valence-corrected chi connectivity index (χ1v) is 14.2. The number of carbonyl (C=O) groups is 2. The largest absolute Gasteiger partial charge is 0.494 e. The monoisotopic (exact) mass is 517 g/mol. The molecule has 0 aliphatic rings. The highest BCUT2D eigenvalue weighted by Crippen LogP contribution is 2.22. The molecule has 2 aromatic carbocycles. The molecule has 2 amide bonds. The SMILES string of the molecule is CCOc1ccc(N(CCCC(=O)N(CCc2ccccc2)C(C)C(=O)NC(C)C)S(C)(=O)=O)cc1. The molecule has 1 N–H and O–H groups in total. The summed E-state index contributed by atoms with van der Waals surface area (Å²) in [5.41, 5.74) is 1.59. The van der Waals surface area contributed by atoms with Crippen molar-refractivity contribution in [2.45, 2.75) is 59.0 Å². The van der Waals surface area contributed by atoms with E-state index in [0.29, 0.717) is 37.4 Å². The molecule has 8 nitrogen and oxygen atoms in total. The lowest BCUT2D eigenvalue weighted by molar-refractivity contribution is -0.140. The van der Waals surface area contributed by atoms with Gasteiger partial charge in [-0.05, 0) is 70.4 Å². The average molecular weight is 518 g/mol. The van der Waals surface area contributed by atoms with Gasteiger partial charge in [-0.2, -0.15) is 0 Å². The Balaban J connectivity index is 2.09. The third kappa shape index (κ3) is 9.18. The van der Waals surface area contributed by atoms with Gasteiger partial charge in [0.1, 0.15) is 11.8 Å². The van der Waals surface area contributed by atoms with E-state index < -0.39 is 16.1 Å². The summed E-state index contributed by atoms with van der Waals surface area (Å²) in [4.78, 5) is 27.5. The van der Waals surface area contributed by atoms with Crippen LogP contribution >= 0.6 is 0 Å². The molecular formula is C27H39N3O5S. The summed E-state index contributed by atoms with van der Waals surface area (Å²) in [6.07, 6.45) is 2.21. The fourth-order valence-electron chi connectivity index (χ4n) is 3.85. The Labute approximate surface area is 215 Å². The lowest BCUT2D eigenvalue weighted by Crippen LogP contribution is -2.50. The number of nitrogens with one attached hydrogen (secondary N) is 1. The second-order valence-electron chi connectivity index (χ2n) is 9.03. The van der Waals surface area contributed by atoms with Crippen LogP contribution in [0.5, 0.6) is 5.75 Å². The Morgan fingerprint density at radius 3 is 2.17 bits per heavy atom. The zero-order chi connectivity index (χ0) is 26.7. The smallest absolute Gasteiger partial charge is 0.242 e. The van der Waals surface area contributed by atoms with Gasteiger partial charge in [0.25, 0.3) is 0 Å². The molecule has 0 aromatic heterocycles. The van der Waals surface area contributed by atoms with Crippen molar-refractivity contribution in [2.24, 2.45) is 0 Å². The maximum Gasteiger partial charge on any atom is 0.242 e. The molecule has 0 heterocycles. The summed E-state index contributed by atoms with van der Waals surface area (Å²) in [5, 5.41) is 2.87. The van der Waals surface area contributed by atoms with Crippen molar-refractivity contribution in [2.75, 3.05) is 30.3 Å². The first-order valence-electron chi connectivity index (χ1n) is 12.4. The Kier molecular flexibility index (Phi) is 11.2. The molecule has 36 heavy (non-hydrogen) atoms. The summed E-state index contributed by atoms with van der Waals surface area (Å²) in [7, 11) is -3.55. The van der Waals surface area contributed by atoms with Crippen molar-refractivity contribution in [3.8, 4) is 5.75 Å². The fourth-order valence-corrected chi connectivity index (χ4v) is 4.82. The molecule has 0 fully saturated rings. The van der Waals surface area contributed by atoms with Crippen molar-refractivity contribution in [1.29, 1.82) is 0 Å².